The molecule has 2 fully saturated rings. The van der Waals surface area contributed by atoms with Crippen molar-refractivity contribution in [1.29, 1.82) is 0 Å². The van der Waals surface area contributed by atoms with Crippen molar-refractivity contribution in [3.8, 4) is 12.3 Å². The summed E-state index contributed by atoms with van der Waals surface area (Å²) in [7, 11) is 0. The van der Waals surface area contributed by atoms with E-state index in [1.807, 2.05) is 45.2 Å². The molecule has 2 saturated carbocycles. The largest absolute Gasteiger partial charge is 0.393 e. The number of terminal acetylenes is 1. The van der Waals surface area contributed by atoms with Gasteiger partial charge < -0.3 is 5.11 Å². The van der Waals surface area contributed by atoms with E-state index < -0.39 is 0 Å². The van der Waals surface area contributed by atoms with Gasteiger partial charge in [0.1, 0.15) is 0 Å². The molecule has 208 valence electrons. The van der Waals surface area contributed by atoms with Crippen molar-refractivity contribution in [1.82, 2.24) is 0 Å². The van der Waals surface area contributed by atoms with E-state index in [0.29, 0.717) is 5.41 Å². The van der Waals surface area contributed by atoms with Crippen LogP contribution in [-0.4, -0.2) is 29.3 Å². The Bertz CT molecular complexity index is 1000. The van der Waals surface area contributed by atoms with Gasteiger partial charge in [0.15, 0.2) is 5.78 Å². The van der Waals surface area contributed by atoms with Gasteiger partial charge in [-0.25, -0.2) is 0 Å². The summed E-state index contributed by atoms with van der Waals surface area (Å²) in [5.41, 5.74) is 4.96. The third kappa shape index (κ3) is 13.7. The molecule has 0 aliphatic heterocycles. The number of rotatable bonds is 6. The van der Waals surface area contributed by atoms with Crippen molar-refractivity contribution in [2.24, 2.45) is 16.3 Å². The Morgan fingerprint density at radius 2 is 1.68 bits per heavy atom. The van der Waals surface area contributed by atoms with Gasteiger partial charge in [0, 0.05) is 17.8 Å². The summed E-state index contributed by atoms with van der Waals surface area (Å²) < 4.78 is 0. The highest BCUT2D eigenvalue weighted by molar-refractivity contribution is 5.98. The molecule has 0 amide bonds. The molecule has 0 radical (unpaired) electrons. The molecule has 4 rings (SSSR count). The number of aliphatic hydroxyl groups is 1. The van der Waals surface area contributed by atoms with Gasteiger partial charge in [-0.2, -0.15) is 0 Å². The van der Waals surface area contributed by atoms with Gasteiger partial charge >= 0.3 is 0 Å². The SMILES string of the molecule is C#CC.CC(=O)c1cccc(C=NC(C)C)c1C.CC1(Cc2ccccc2)CC1.CCC1CCC(O)CC1. The minimum Gasteiger partial charge on any atom is -0.393 e. The zero-order valence-electron chi connectivity index (χ0n) is 25.0. The minimum atomic E-state index is 0.0211. The average Bonchev–Trinajstić information content (AvgIpc) is 3.61. The van der Waals surface area contributed by atoms with E-state index in [2.05, 4.69) is 61.5 Å². The Kier molecular flexibility index (Phi) is 15.6. The Balaban J connectivity index is 0.000000278. The molecule has 2 aromatic rings. The van der Waals surface area contributed by atoms with Gasteiger partial charge in [-0.15, -0.1) is 12.3 Å². The van der Waals surface area contributed by atoms with E-state index >= 15 is 0 Å². The van der Waals surface area contributed by atoms with Crippen LogP contribution in [0.2, 0.25) is 0 Å². The molecule has 0 heterocycles. The maximum atomic E-state index is 11.3. The fourth-order valence-electron chi connectivity index (χ4n) is 4.44. The predicted molar refractivity (Wildman–Crippen MR) is 164 cm³/mol. The second-order valence-electron chi connectivity index (χ2n) is 11.3. The van der Waals surface area contributed by atoms with Crippen LogP contribution in [0.25, 0.3) is 0 Å². The molecule has 0 unspecified atom stereocenters. The lowest BCUT2D eigenvalue weighted by molar-refractivity contribution is 0.101. The molecule has 0 atom stereocenters. The van der Waals surface area contributed by atoms with E-state index in [4.69, 9.17) is 5.11 Å². The van der Waals surface area contributed by atoms with Gasteiger partial charge in [0.25, 0.3) is 0 Å². The van der Waals surface area contributed by atoms with Crippen LogP contribution in [0.5, 0.6) is 0 Å². The predicted octanol–water partition coefficient (Wildman–Crippen LogP) is 8.64. The normalized spacial score (nSPS) is 19.1. The van der Waals surface area contributed by atoms with Crippen LogP contribution in [0.3, 0.4) is 0 Å². The van der Waals surface area contributed by atoms with Gasteiger partial charge in [-0.05, 0) is 108 Å². The molecule has 38 heavy (non-hydrogen) atoms. The Labute approximate surface area is 233 Å². The first-order valence-corrected chi connectivity index (χ1v) is 14.3. The van der Waals surface area contributed by atoms with E-state index in [9.17, 15) is 4.79 Å². The molecule has 2 aromatic carbocycles. The number of ketones is 1. The number of carbonyl (C=O) groups is 1. The first-order valence-electron chi connectivity index (χ1n) is 14.3. The second kappa shape index (κ2) is 17.7. The van der Waals surface area contributed by atoms with Gasteiger partial charge in [0.05, 0.1) is 6.10 Å². The maximum absolute atomic E-state index is 11.3. The van der Waals surface area contributed by atoms with Crippen molar-refractivity contribution >= 4 is 12.0 Å². The standard InChI is InChI=1S/C13H17NO.C11H14.C8H16O.C3H4/c1-9(2)14-8-12-6-5-7-13(10(12)3)11(4)15;1-11(7-8-11)9-10-5-3-2-4-6-10;1-2-7-3-5-8(9)6-4-7;1-3-2/h5-9H,1-4H3;2-6H,7-9H2,1H3;7-9H,2-6H2,1H3;1H,2H3. The highest BCUT2D eigenvalue weighted by Gasteiger charge is 2.36. The Hall–Kier alpha value is -2.70. The number of hydrogen-bond acceptors (Lipinski definition) is 3. The fourth-order valence-corrected chi connectivity index (χ4v) is 4.44. The van der Waals surface area contributed by atoms with Crippen LogP contribution >= 0.6 is 0 Å². The number of aliphatic imine (C=N–C) groups is 1. The van der Waals surface area contributed by atoms with Crippen molar-refractivity contribution < 1.29 is 9.90 Å². The van der Waals surface area contributed by atoms with Gasteiger partial charge in [-0.1, -0.05) is 68.8 Å². The van der Waals surface area contributed by atoms with Gasteiger partial charge in [0.2, 0.25) is 0 Å². The Morgan fingerprint density at radius 1 is 1.11 bits per heavy atom. The number of benzene rings is 2. The lowest BCUT2D eigenvalue weighted by Gasteiger charge is -2.23. The van der Waals surface area contributed by atoms with Crippen molar-refractivity contribution in [2.75, 3.05) is 0 Å². The van der Waals surface area contributed by atoms with E-state index in [-0.39, 0.29) is 17.9 Å². The fraction of sp³-hybridized carbons (Fsp3) is 0.543. The summed E-state index contributed by atoms with van der Waals surface area (Å²) in [6.07, 6.45) is 16.4. The number of hydrogen-bond donors (Lipinski definition) is 1. The maximum Gasteiger partial charge on any atom is 0.160 e. The average molecular weight is 518 g/mol. The molecule has 2 aliphatic carbocycles. The topological polar surface area (TPSA) is 49.7 Å². The van der Waals surface area contributed by atoms with E-state index in [1.54, 1.807) is 13.8 Å². The van der Waals surface area contributed by atoms with Crippen LogP contribution in [0.15, 0.2) is 53.5 Å². The van der Waals surface area contributed by atoms with E-state index in [1.165, 1.54) is 44.1 Å². The third-order valence-corrected chi connectivity index (χ3v) is 7.24. The van der Waals surface area contributed by atoms with E-state index in [0.717, 1.165) is 35.4 Å². The third-order valence-electron chi connectivity index (χ3n) is 7.24. The molecule has 0 aromatic heterocycles. The molecular formula is C35H51NO2. The molecule has 2 aliphatic rings. The van der Waals surface area contributed by atoms with Crippen LogP contribution in [0, 0.1) is 30.6 Å². The monoisotopic (exact) mass is 517 g/mol. The summed E-state index contributed by atoms with van der Waals surface area (Å²) in [4.78, 5) is 15.6. The second-order valence-corrected chi connectivity index (χ2v) is 11.3. The van der Waals surface area contributed by atoms with Crippen LogP contribution in [0.4, 0.5) is 0 Å². The summed E-state index contributed by atoms with van der Waals surface area (Å²) in [5.74, 6) is 3.26. The van der Waals surface area contributed by atoms with Gasteiger partial charge in [-0.3, -0.25) is 9.79 Å². The first kappa shape index (κ1) is 33.3. The molecule has 0 bridgehead atoms. The molecule has 1 N–H and O–H groups in total. The number of aliphatic hydroxyl groups excluding tert-OH is 1. The lowest BCUT2D eigenvalue weighted by atomic mass is 9.86. The Morgan fingerprint density at radius 3 is 2.16 bits per heavy atom. The lowest BCUT2D eigenvalue weighted by Crippen LogP contribution is -2.17. The summed E-state index contributed by atoms with van der Waals surface area (Å²) in [6, 6.07) is 16.8. The number of Topliss-reactive ketones (excluding diaryl/α,β-unsaturated/α-hetero) is 1. The molecule has 0 spiro atoms. The minimum absolute atomic E-state index is 0.0211. The number of nitrogens with zero attached hydrogens (tertiary/aromatic N) is 1. The molecular weight excluding hydrogens is 466 g/mol. The van der Waals surface area contributed by atoms with Crippen molar-refractivity contribution in [2.45, 2.75) is 112 Å². The molecule has 0 saturated heterocycles. The van der Waals surface area contributed by atoms with Crippen molar-refractivity contribution in [3.05, 3.63) is 70.8 Å². The first-order chi connectivity index (χ1) is 18.0. The number of carbonyl (C=O) groups excluding carboxylic acids is 1. The van der Waals surface area contributed by atoms with Crippen molar-refractivity contribution in [3.63, 3.8) is 0 Å². The zero-order valence-corrected chi connectivity index (χ0v) is 25.0. The highest BCUT2D eigenvalue weighted by Crippen LogP contribution is 2.47. The summed E-state index contributed by atoms with van der Waals surface area (Å²) in [5, 5.41) is 9.12. The summed E-state index contributed by atoms with van der Waals surface area (Å²) >= 11 is 0. The quantitative estimate of drug-likeness (QED) is 0.237. The molecule has 3 nitrogen and oxygen atoms in total. The smallest absolute Gasteiger partial charge is 0.160 e. The highest BCUT2D eigenvalue weighted by atomic mass is 16.3. The molecule has 3 heteroatoms. The van der Waals surface area contributed by atoms with Crippen LogP contribution in [0.1, 0.15) is 114 Å². The van der Waals surface area contributed by atoms with Crippen LogP contribution < -0.4 is 0 Å². The summed E-state index contributed by atoms with van der Waals surface area (Å²) in [6.45, 7) is 13.9. The zero-order chi connectivity index (χ0) is 28.6. The van der Waals surface area contributed by atoms with Crippen LogP contribution in [-0.2, 0) is 6.42 Å².